The van der Waals surface area contributed by atoms with Gasteiger partial charge in [-0.25, -0.2) is 12.8 Å². The van der Waals surface area contributed by atoms with E-state index in [1.165, 1.54) is 18.2 Å². The van der Waals surface area contributed by atoms with Crippen LogP contribution in [0.5, 0.6) is 0 Å². The van der Waals surface area contributed by atoms with Crippen molar-refractivity contribution in [3.8, 4) is 0 Å². The minimum atomic E-state index is -3.95. The summed E-state index contributed by atoms with van der Waals surface area (Å²) in [5.41, 5.74) is 2.17. The molecule has 1 heterocycles. The number of anilines is 2. The van der Waals surface area contributed by atoms with Crippen LogP contribution in [0, 0.1) is 18.7 Å². The maximum absolute atomic E-state index is 13.7. The fourth-order valence-electron chi connectivity index (χ4n) is 3.24. The maximum Gasteiger partial charge on any atom is 0.263 e. The number of hydrogen-bond acceptors (Lipinski definition) is 3. The molecule has 1 fully saturated rings. The lowest BCUT2D eigenvalue weighted by atomic mass is 10.2. The summed E-state index contributed by atoms with van der Waals surface area (Å²) in [6.45, 7) is 2.17. The van der Waals surface area contributed by atoms with E-state index in [9.17, 15) is 17.6 Å². The van der Waals surface area contributed by atoms with Gasteiger partial charge < -0.3 is 4.90 Å². The Morgan fingerprint density at radius 1 is 1.26 bits per heavy atom. The quantitative estimate of drug-likeness (QED) is 0.762. The molecule has 0 bridgehead atoms. The minimum Gasteiger partial charge on any atom is -0.312 e. The van der Waals surface area contributed by atoms with Gasteiger partial charge in [0.15, 0.2) is 0 Å². The predicted octanol–water partition coefficient (Wildman–Crippen LogP) is 4.00. The molecule has 142 valence electrons. The normalized spacial score (nSPS) is 16.3. The van der Waals surface area contributed by atoms with Gasteiger partial charge >= 0.3 is 0 Å². The molecule has 0 radical (unpaired) electrons. The molecule has 1 saturated carbocycles. The van der Waals surface area contributed by atoms with Gasteiger partial charge in [0, 0.05) is 22.6 Å². The van der Waals surface area contributed by atoms with Gasteiger partial charge in [-0.15, -0.1) is 0 Å². The van der Waals surface area contributed by atoms with E-state index in [1.54, 1.807) is 17.9 Å². The van der Waals surface area contributed by atoms with Gasteiger partial charge in [-0.1, -0.05) is 6.07 Å². The molecule has 2 aromatic carbocycles. The number of carbonyl (C=O) groups is 1. The van der Waals surface area contributed by atoms with Crippen molar-refractivity contribution >= 4 is 43.2 Å². The number of rotatable bonds is 4. The first-order valence-corrected chi connectivity index (χ1v) is 11.0. The summed E-state index contributed by atoms with van der Waals surface area (Å²) in [6.07, 6.45) is 2.49. The predicted molar refractivity (Wildman–Crippen MR) is 105 cm³/mol. The van der Waals surface area contributed by atoms with Crippen LogP contribution in [-0.2, 0) is 21.2 Å². The molecule has 8 heteroatoms. The van der Waals surface area contributed by atoms with E-state index < -0.39 is 15.8 Å². The standard InChI is InChI=1S/C19H18BrFN2O3S/c1-11-2-5-14(9-16(11)21)22-27(25,26)18-10-17-13(8-15(18)20)6-7-23(17)19(24)12-3-4-12/h2,5,8-10,12,22H,3-4,6-7H2,1H3. The summed E-state index contributed by atoms with van der Waals surface area (Å²) in [6, 6.07) is 7.46. The average Bonchev–Trinajstić information content (AvgIpc) is 3.37. The maximum atomic E-state index is 13.7. The Morgan fingerprint density at radius 3 is 2.67 bits per heavy atom. The monoisotopic (exact) mass is 452 g/mol. The number of hydrogen-bond donors (Lipinski definition) is 1. The van der Waals surface area contributed by atoms with E-state index >= 15 is 0 Å². The van der Waals surface area contributed by atoms with Crippen LogP contribution in [0.25, 0.3) is 0 Å². The topological polar surface area (TPSA) is 66.5 Å². The molecule has 0 spiro atoms. The largest absolute Gasteiger partial charge is 0.312 e. The van der Waals surface area contributed by atoms with E-state index in [1.807, 2.05) is 0 Å². The molecule has 0 atom stereocenters. The number of benzene rings is 2. The fourth-order valence-corrected chi connectivity index (χ4v) is 5.40. The van der Waals surface area contributed by atoms with Gasteiger partial charge in [-0.05, 0) is 77.5 Å². The number of carbonyl (C=O) groups excluding carboxylic acids is 1. The Balaban J connectivity index is 1.69. The van der Waals surface area contributed by atoms with Crippen LogP contribution in [-0.4, -0.2) is 20.9 Å². The Bertz CT molecular complexity index is 1050. The third kappa shape index (κ3) is 3.48. The molecular weight excluding hydrogens is 435 g/mol. The van der Waals surface area contributed by atoms with E-state index in [0.29, 0.717) is 28.7 Å². The highest BCUT2D eigenvalue weighted by molar-refractivity contribution is 9.10. The molecule has 0 saturated heterocycles. The van der Waals surface area contributed by atoms with Crippen molar-refractivity contribution in [1.29, 1.82) is 0 Å². The number of nitrogens with one attached hydrogen (secondary N) is 1. The smallest absolute Gasteiger partial charge is 0.263 e. The summed E-state index contributed by atoms with van der Waals surface area (Å²) in [4.78, 5) is 14.2. The zero-order valence-electron chi connectivity index (χ0n) is 14.6. The highest BCUT2D eigenvalue weighted by Gasteiger charge is 2.37. The Kier molecular flexibility index (Phi) is 4.50. The van der Waals surface area contributed by atoms with Crippen LogP contribution >= 0.6 is 15.9 Å². The molecule has 5 nitrogen and oxygen atoms in total. The van der Waals surface area contributed by atoms with Crippen molar-refractivity contribution in [1.82, 2.24) is 0 Å². The van der Waals surface area contributed by atoms with Crippen LogP contribution in [0.2, 0.25) is 0 Å². The van der Waals surface area contributed by atoms with Crippen molar-refractivity contribution in [3.05, 3.63) is 51.7 Å². The number of nitrogens with zero attached hydrogens (tertiary/aromatic N) is 1. The summed E-state index contributed by atoms with van der Waals surface area (Å²) >= 11 is 3.33. The average molecular weight is 453 g/mol. The third-order valence-corrected chi connectivity index (χ3v) is 7.27. The van der Waals surface area contributed by atoms with Crippen LogP contribution in [0.3, 0.4) is 0 Å². The molecule has 4 rings (SSSR count). The Labute approximate surface area is 165 Å². The number of fused-ring (bicyclic) bond motifs is 1. The molecule has 1 aliphatic heterocycles. The van der Waals surface area contributed by atoms with E-state index in [0.717, 1.165) is 24.5 Å². The van der Waals surface area contributed by atoms with Crippen molar-refractivity contribution in [2.75, 3.05) is 16.2 Å². The first kappa shape index (κ1) is 18.4. The van der Waals surface area contributed by atoms with E-state index in [4.69, 9.17) is 0 Å². The molecule has 0 unspecified atom stereocenters. The molecule has 27 heavy (non-hydrogen) atoms. The second-order valence-corrected chi connectivity index (χ2v) is 9.50. The summed E-state index contributed by atoms with van der Waals surface area (Å²) in [7, 11) is -3.95. The molecule has 2 aliphatic rings. The molecule has 1 amide bonds. The van der Waals surface area contributed by atoms with Gasteiger partial charge in [0.05, 0.1) is 5.69 Å². The fraction of sp³-hybridized carbons (Fsp3) is 0.316. The van der Waals surface area contributed by atoms with Crippen molar-refractivity contribution < 1.29 is 17.6 Å². The van der Waals surface area contributed by atoms with Crippen LogP contribution in [0.4, 0.5) is 15.8 Å². The zero-order chi connectivity index (χ0) is 19.3. The van der Waals surface area contributed by atoms with Crippen LogP contribution in [0.15, 0.2) is 39.7 Å². The highest BCUT2D eigenvalue weighted by atomic mass is 79.9. The lowest BCUT2D eigenvalue weighted by molar-refractivity contribution is -0.119. The van der Waals surface area contributed by atoms with Gasteiger partial charge in [-0.2, -0.15) is 0 Å². The Morgan fingerprint density at radius 2 is 2.00 bits per heavy atom. The van der Waals surface area contributed by atoms with Crippen molar-refractivity contribution in [2.24, 2.45) is 5.92 Å². The van der Waals surface area contributed by atoms with Crippen molar-refractivity contribution in [2.45, 2.75) is 31.1 Å². The number of amides is 1. The van der Waals surface area contributed by atoms with E-state index in [2.05, 4.69) is 20.7 Å². The zero-order valence-corrected chi connectivity index (χ0v) is 17.0. The van der Waals surface area contributed by atoms with Crippen LogP contribution < -0.4 is 9.62 Å². The molecular formula is C19H18BrFN2O3S. The lowest BCUT2D eigenvalue weighted by Crippen LogP contribution is -2.30. The third-order valence-electron chi connectivity index (χ3n) is 4.93. The SMILES string of the molecule is Cc1ccc(NS(=O)(=O)c2cc3c(cc2Br)CCN3C(=O)C2CC2)cc1F. The second-order valence-electron chi connectivity index (χ2n) is 6.99. The summed E-state index contributed by atoms with van der Waals surface area (Å²) in [5.74, 6) is -0.356. The van der Waals surface area contributed by atoms with Crippen molar-refractivity contribution in [3.63, 3.8) is 0 Å². The first-order valence-electron chi connectivity index (χ1n) is 8.69. The Hall–Kier alpha value is -1.93. The molecule has 2 aromatic rings. The number of aryl methyl sites for hydroxylation is 1. The van der Waals surface area contributed by atoms with E-state index in [-0.39, 0.29) is 22.4 Å². The second kappa shape index (κ2) is 6.60. The molecule has 0 aromatic heterocycles. The van der Waals surface area contributed by atoms with Gasteiger partial charge in [0.25, 0.3) is 10.0 Å². The lowest BCUT2D eigenvalue weighted by Gasteiger charge is -2.19. The van der Waals surface area contributed by atoms with Gasteiger partial charge in [-0.3, -0.25) is 9.52 Å². The summed E-state index contributed by atoms with van der Waals surface area (Å²) < 4.78 is 42.3. The van der Waals surface area contributed by atoms with Gasteiger partial charge in [0.2, 0.25) is 5.91 Å². The first-order chi connectivity index (χ1) is 12.8. The summed E-state index contributed by atoms with van der Waals surface area (Å²) in [5, 5.41) is 0. The number of sulfonamides is 1. The van der Waals surface area contributed by atoms with Crippen LogP contribution in [0.1, 0.15) is 24.0 Å². The van der Waals surface area contributed by atoms with Gasteiger partial charge in [0.1, 0.15) is 10.7 Å². The minimum absolute atomic E-state index is 0.0257. The molecule has 1 N–H and O–H groups in total. The molecule has 1 aliphatic carbocycles. The highest BCUT2D eigenvalue weighted by Crippen LogP contribution is 2.39. The number of halogens is 2.